The topological polar surface area (TPSA) is 26.3 Å². The van der Waals surface area contributed by atoms with Gasteiger partial charge in [0, 0.05) is 10.8 Å². The van der Waals surface area contributed by atoms with Crippen LogP contribution in [-0.2, 0) is 11.2 Å². The van der Waals surface area contributed by atoms with Crippen LogP contribution in [0.5, 0.6) is 5.75 Å². The van der Waals surface area contributed by atoms with Crippen molar-refractivity contribution < 1.29 is 22.7 Å². The summed E-state index contributed by atoms with van der Waals surface area (Å²) in [4.78, 5) is 12.6. The number of allylic oxidation sites excluding steroid dienone is 2. The van der Waals surface area contributed by atoms with Gasteiger partial charge in [0.05, 0.1) is 5.92 Å². The van der Waals surface area contributed by atoms with Crippen LogP contribution in [-0.4, -0.2) is 5.97 Å². The van der Waals surface area contributed by atoms with Crippen molar-refractivity contribution in [2.24, 2.45) is 5.92 Å². The van der Waals surface area contributed by atoms with Gasteiger partial charge in [0.2, 0.25) is 5.75 Å². The highest BCUT2D eigenvalue weighted by Crippen LogP contribution is 2.35. The lowest BCUT2D eigenvalue weighted by molar-refractivity contribution is -0.140. The lowest BCUT2D eigenvalue weighted by Gasteiger charge is -2.23. The van der Waals surface area contributed by atoms with Crippen LogP contribution in [0.1, 0.15) is 90.0 Å². The standard InChI is InChI=1S/C28H35F3O2/c1-3-5-7-9-11-20-16-17-22-23(25(20)30)18-24(29)27(26(22)31)33-28(32)21-14-12-19(13-15-21)10-8-6-4-2/h10,16-18,21H,3-9,11-15H2,1-2H3. The highest BCUT2D eigenvalue weighted by Gasteiger charge is 2.28. The van der Waals surface area contributed by atoms with E-state index in [0.717, 1.165) is 63.9 Å². The first-order valence-corrected chi connectivity index (χ1v) is 12.4. The number of unbranched alkanes of at least 4 members (excludes halogenated alkanes) is 5. The fraction of sp³-hybridized carbons (Fsp3) is 0.536. The van der Waals surface area contributed by atoms with Gasteiger partial charge in [0.1, 0.15) is 5.82 Å². The van der Waals surface area contributed by atoms with E-state index in [4.69, 9.17) is 4.74 Å². The summed E-state index contributed by atoms with van der Waals surface area (Å²) in [5.74, 6) is -4.41. The minimum atomic E-state index is -1.05. The summed E-state index contributed by atoms with van der Waals surface area (Å²) in [7, 11) is 0. The van der Waals surface area contributed by atoms with Gasteiger partial charge in [-0.05, 0) is 56.6 Å². The SMILES string of the molecule is CCCCC=C1CCC(C(=O)Oc2c(F)cc3c(F)c(CCCCCC)ccc3c2F)CC1. The smallest absolute Gasteiger partial charge is 0.314 e. The molecule has 0 aliphatic heterocycles. The monoisotopic (exact) mass is 460 g/mol. The predicted octanol–water partition coefficient (Wildman–Crippen LogP) is 8.59. The normalized spacial score (nSPS) is 16.3. The molecule has 0 radical (unpaired) electrons. The van der Waals surface area contributed by atoms with E-state index in [0.29, 0.717) is 24.8 Å². The van der Waals surface area contributed by atoms with E-state index in [1.54, 1.807) is 6.07 Å². The zero-order valence-corrected chi connectivity index (χ0v) is 19.8. The fourth-order valence-corrected chi connectivity index (χ4v) is 4.54. The minimum absolute atomic E-state index is 0.0706. The van der Waals surface area contributed by atoms with Crippen molar-refractivity contribution in [3.8, 4) is 5.75 Å². The second-order valence-electron chi connectivity index (χ2n) is 9.15. The number of fused-ring (bicyclic) bond motifs is 1. The predicted molar refractivity (Wildman–Crippen MR) is 127 cm³/mol. The number of carbonyl (C=O) groups excluding carboxylic acids is 1. The van der Waals surface area contributed by atoms with Gasteiger partial charge < -0.3 is 4.74 Å². The third-order valence-electron chi connectivity index (χ3n) is 6.64. The molecule has 1 saturated carbocycles. The van der Waals surface area contributed by atoms with Gasteiger partial charge in [0.25, 0.3) is 0 Å². The molecule has 3 rings (SSSR count). The van der Waals surface area contributed by atoms with Gasteiger partial charge in [-0.1, -0.05) is 69.7 Å². The molecule has 0 atom stereocenters. The maximum absolute atomic E-state index is 15.1. The molecular formula is C28H35F3O2. The quantitative estimate of drug-likeness (QED) is 0.154. The molecule has 1 fully saturated rings. The molecule has 0 N–H and O–H groups in total. The zero-order chi connectivity index (χ0) is 23.8. The average Bonchev–Trinajstić information content (AvgIpc) is 2.81. The van der Waals surface area contributed by atoms with Crippen molar-refractivity contribution in [1.82, 2.24) is 0 Å². The molecule has 0 amide bonds. The number of aryl methyl sites for hydroxylation is 1. The fourth-order valence-electron chi connectivity index (χ4n) is 4.54. The number of esters is 1. The molecule has 0 spiro atoms. The summed E-state index contributed by atoms with van der Waals surface area (Å²) >= 11 is 0. The third-order valence-corrected chi connectivity index (χ3v) is 6.64. The van der Waals surface area contributed by atoms with Crippen LogP contribution >= 0.6 is 0 Å². The van der Waals surface area contributed by atoms with Crippen molar-refractivity contribution in [2.75, 3.05) is 0 Å². The van der Waals surface area contributed by atoms with Crippen molar-refractivity contribution in [3.63, 3.8) is 0 Å². The van der Waals surface area contributed by atoms with E-state index in [1.165, 1.54) is 11.6 Å². The zero-order valence-electron chi connectivity index (χ0n) is 19.8. The first-order valence-electron chi connectivity index (χ1n) is 12.4. The Kier molecular flexibility index (Phi) is 9.40. The van der Waals surface area contributed by atoms with Crippen molar-refractivity contribution in [2.45, 2.75) is 90.9 Å². The maximum atomic E-state index is 15.1. The highest BCUT2D eigenvalue weighted by atomic mass is 19.1. The molecule has 0 aromatic heterocycles. The van der Waals surface area contributed by atoms with Crippen molar-refractivity contribution in [1.29, 1.82) is 0 Å². The molecule has 180 valence electrons. The molecule has 0 bridgehead atoms. The van der Waals surface area contributed by atoms with Crippen LogP contribution in [0.4, 0.5) is 13.2 Å². The van der Waals surface area contributed by atoms with E-state index in [2.05, 4.69) is 19.9 Å². The third kappa shape index (κ3) is 6.39. The lowest BCUT2D eigenvalue weighted by atomic mass is 9.85. The van der Waals surface area contributed by atoms with Gasteiger partial charge >= 0.3 is 5.97 Å². The first kappa shape index (κ1) is 25.3. The van der Waals surface area contributed by atoms with Crippen LogP contribution in [0.3, 0.4) is 0 Å². The first-order chi connectivity index (χ1) is 16.0. The number of carbonyl (C=O) groups is 1. The number of hydrogen-bond acceptors (Lipinski definition) is 2. The Morgan fingerprint density at radius 3 is 2.39 bits per heavy atom. The summed E-state index contributed by atoms with van der Waals surface area (Å²) in [6.07, 6.45) is 12.9. The van der Waals surface area contributed by atoms with Crippen LogP contribution in [0, 0.1) is 23.4 Å². The molecule has 0 unspecified atom stereocenters. The second kappa shape index (κ2) is 12.2. The molecule has 33 heavy (non-hydrogen) atoms. The van der Waals surface area contributed by atoms with E-state index in [1.807, 2.05) is 0 Å². The summed E-state index contributed by atoms with van der Waals surface area (Å²) in [5, 5.41) is -0.184. The van der Waals surface area contributed by atoms with Crippen molar-refractivity contribution >= 4 is 16.7 Å². The number of hydrogen-bond donors (Lipinski definition) is 0. The minimum Gasteiger partial charge on any atom is -0.420 e. The molecule has 0 saturated heterocycles. The molecular weight excluding hydrogens is 425 g/mol. The summed E-state index contributed by atoms with van der Waals surface area (Å²) in [6.45, 7) is 4.25. The van der Waals surface area contributed by atoms with E-state index < -0.39 is 29.2 Å². The van der Waals surface area contributed by atoms with E-state index in [9.17, 15) is 13.6 Å². The number of rotatable bonds is 10. The second-order valence-corrected chi connectivity index (χ2v) is 9.15. The Hall–Kier alpha value is -2.30. The van der Waals surface area contributed by atoms with Crippen LogP contribution in [0.2, 0.25) is 0 Å². The Morgan fingerprint density at radius 2 is 1.70 bits per heavy atom. The van der Waals surface area contributed by atoms with Crippen LogP contribution in [0.15, 0.2) is 29.8 Å². The van der Waals surface area contributed by atoms with E-state index in [-0.39, 0.29) is 16.7 Å². The molecule has 0 heterocycles. The molecule has 5 heteroatoms. The Labute approximate surface area is 195 Å². The van der Waals surface area contributed by atoms with Gasteiger partial charge in [0.15, 0.2) is 11.6 Å². The summed E-state index contributed by atoms with van der Waals surface area (Å²) < 4.78 is 49.9. The molecule has 1 aliphatic carbocycles. The Balaban J connectivity index is 1.71. The largest absolute Gasteiger partial charge is 0.420 e. The summed E-state index contributed by atoms with van der Waals surface area (Å²) in [5.41, 5.74) is 1.80. The van der Waals surface area contributed by atoms with Crippen LogP contribution < -0.4 is 4.74 Å². The molecule has 2 nitrogen and oxygen atoms in total. The number of ether oxygens (including phenoxy) is 1. The van der Waals surface area contributed by atoms with Gasteiger partial charge in [-0.3, -0.25) is 4.79 Å². The molecule has 1 aliphatic rings. The Morgan fingerprint density at radius 1 is 0.970 bits per heavy atom. The van der Waals surface area contributed by atoms with Crippen molar-refractivity contribution in [3.05, 3.63) is 52.9 Å². The van der Waals surface area contributed by atoms with E-state index >= 15 is 4.39 Å². The highest BCUT2D eigenvalue weighted by molar-refractivity contribution is 5.87. The maximum Gasteiger partial charge on any atom is 0.314 e. The average molecular weight is 461 g/mol. The van der Waals surface area contributed by atoms with Gasteiger partial charge in [-0.2, -0.15) is 0 Å². The van der Waals surface area contributed by atoms with Crippen LogP contribution in [0.25, 0.3) is 10.8 Å². The number of benzene rings is 2. The summed E-state index contributed by atoms with van der Waals surface area (Å²) in [6, 6.07) is 3.94. The molecule has 2 aromatic carbocycles. The lowest BCUT2D eigenvalue weighted by Crippen LogP contribution is -2.24. The number of halogens is 3. The van der Waals surface area contributed by atoms with Gasteiger partial charge in [-0.25, -0.2) is 13.2 Å². The van der Waals surface area contributed by atoms with Gasteiger partial charge in [-0.15, -0.1) is 0 Å². The Bertz CT molecular complexity index is 987. The molecule has 2 aromatic rings.